The Bertz CT molecular complexity index is 415. The summed E-state index contributed by atoms with van der Waals surface area (Å²) < 4.78 is 6.63. The number of ether oxygens (including phenoxy) is 1. The number of aryl methyl sites for hydroxylation is 1. The van der Waals surface area contributed by atoms with Gasteiger partial charge in [0.1, 0.15) is 0 Å². The Morgan fingerprint density at radius 3 is 3.06 bits per heavy atom. The van der Waals surface area contributed by atoms with Gasteiger partial charge < -0.3 is 10.1 Å². The molecule has 1 fully saturated rings. The predicted octanol–water partition coefficient (Wildman–Crippen LogP) is 2.93. The van der Waals surface area contributed by atoms with E-state index < -0.39 is 0 Å². The first-order chi connectivity index (χ1) is 8.81. The Hall–Kier alpha value is -0.380. The van der Waals surface area contributed by atoms with Gasteiger partial charge >= 0.3 is 0 Å². The van der Waals surface area contributed by atoms with E-state index in [0.29, 0.717) is 6.04 Å². The van der Waals surface area contributed by atoms with Gasteiger partial charge in [-0.2, -0.15) is 0 Å². The molecule has 3 rings (SSSR count). The third-order valence-corrected chi connectivity index (χ3v) is 4.61. The molecule has 0 aromatic heterocycles. The Morgan fingerprint density at radius 1 is 1.28 bits per heavy atom. The van der Waals surface area contributed by atoms with Crippen LogP contribution in [-0.2, 0) is 17.6 Å². The monoisotopic (exact) mass is 309 g/mol. The molecule has 1 N–H and O–H groups in total. The van der Waals surface area contributed by atoms with Crippen LogP contribution in [0.15, 0.2) is 22.7 Å². The van der Waals surface area contributed by atoms with Crippen molar-refractivity contribution in [2.24, 2.45) is 5.92 Å². The van der Waals surface area contributed by atoms with Crippen molar-refractivity contribution in [2.45, 2.75) is 31.7 Å². The fraction of sp³-hybridized carbons (Fsp3) is 0.600. The van der Waals surface area contributed by atoms with Gasteiger partial charge in [-0.25, -0.2) is 0 Å². The van der Waals surface area contributed by atoms with Crippen LogP contribution in [-0.4, -0.2) is 25.8 Å². The summed E-state index contributed by atoms with van der Waals surface area (Å²) in [6.45, 7) is 3.02. The van der Waals surface area contributed by atoms with Gasteiger partial charge in [-0.05, 0) is 54.9 Å². The van der Waals surface area contributed by atoms with Crippen molar-refractivity contribution >= 4 is 15.9 Å². The fourth-order valence-electron chi connectivity index (χ4n) is 2.98. The zero-order valence-electron chi connectivity index (χ0n) is 10.6. The minimum atomic E-state index is 0.652. The highest BCUT2D eigenvalue weighted by molar-refractivity contribution is 9.10. The molecule has 98 valence electrons. The summed E-state index contributed by atoms with van der Waals surface area (Å²) in [6.07, 6.45) is 4.87. The van der Waals surface area contributed by atoms with Crippen molar-refractivity contribution in [3.63, 3.8) is 0 Å². The smallest absolute Gasteiger partial charge is 0.0507 e. The molecule has 2 atom stereocenters. The molecule has 1 heterocycles. The maximum atomic E-state index is 5.42. The Kier molecular flexibility index (Phi) is 4.02. The summed E-state index contributed by atoms with van der Waals surface area (Å²) in [5.41, 5.74) is 3.04. The van der Waals surface area contributed by atoms with Crippen LogP contribution in [0, 0.1) is 5.92 Å². The second kappa shape index (κ2) is 5.72. The minimum absolute atomic E-state index is 0.652. The first kappa shape index (κ1) is 12.6. The molecule has 0 radical (unpaired) electrons. The van der Waals surface area contributed by atoms with Crippen molar-refractivity contribution in [1.29, 1.82) is 0 Å². The van der Waals surface area contributed by atoms with Crippen molar-refractivity contribution in [3.05, 3.63) is 33.8 Å². The van der Waals surface area contributed by atoms with E-state index >= 15 is 0 Å². The van der Waals surface area contributed by atoms with Gasteiger partial charge in [-0.1, -0.05) is 22.0 Å². The molecule has 0 saturated carbocycles. The first-order valence-corrected chi connectivity index (χ1v) is 7.69. The number of rotatable bonds is 3. The standard InChI is InChI=1S/C15H20BrNO/c16-14-3-1-13-8-15(4-2-12(13)7-14)17-9-11-5-6-18-10-11/h1,3,7,11,15,17H,2,4-6,8-10H2. The molecule has 3 heteroatoms. The quantitative estimate of drug-likeness (QED) is 0.927. The Balaban J connectivity index is 1.55. The highest BCUT2D eigenvalue weighted by Crippen LogP contribution is 2.25. The molecule has 2 aliphatic rings. The number of hydrogen-bond acceptors (Lipinski definition) is 2. The topological polar surface area (TPSA) is 21.3 Å². The lowest BCUT2D eigenvalue weighted by Gasteiger charge is -2.26. The molecule has 0 spiro atoms. The van der Waals surface area contributed by atoms with Crippen LogP contribution in [0.5, 0.6) is 0 Å². The molecular formula is C15H20BrNO. The number of hydrogen-bond donors (Lipinski definition) is 1. The minimum Gasteiger partial charge on any atom is -0.381 e. The van der Waals surface area contributed by atoms with Gasteiger partial charge in [0.25, 0.3) is 0 Å². The lowest BCUT2D eigenvalue weighted by atomic mass is 9.88. The number of nitrogens with one attached hydrogen (secondary N) is 1. The normalized spacial score (nSPS) is 27.2. The Labute approximate surface area is 117 Å². The van der Waals surface area contributed by atoms with Crippen molar-refractivity contribution in [2.75, 3.05) is 19.8 Å². The van der Waals surface area contributed by atoms with E-state index in [9.17, 15) is 0 Å². The Morgan fingerprint density at radius 2 is 2.22 bits per heavy atom. The fourth-order valence-corrected chi connectivity index (χ4v) is 3.38. The molecule has 2 unspecified atom stereocenters. The van der Waals surface area contributed by atoms with E-state index in [4.69, 9.17) is 4.74 Å². The average molecular weight is 310 g/mol. The predicted molar refractivity (Wildman–Crippen MR) is 76.9 cm³/mol. The SMILES string of the molecule is Brc1ccc2c(c1)CCC(NCC1CCOC1)C2. The lowest BCUT2D eigenvalue weighted by Crippen LogP contribution is -2.37. The van der Waals surface area contributed by atoms with Crippen LogP contribution in [0.25, 0.3) is 0 Å². The largest absolute Gasteiger partial charge is 0.381 e. The lowest BCUT2D eigenvalue weighted by molar-refractivity contribution is 0.184. The molecule has 1 saturated heterocycles. The average Bonchev–Trinajstić information content (AvgIpc) is 2.89. The van der Waals surface area contributed by atoms with Gasteiger partial charge in [-0.15, -0.1) is 0 Å². The molecule has 0 bridgehead atoms. The van der Waals surface area contributed by atoms with Gasteiger partial charge in [-0.3, -0.25) is 0 Å². The van der Waals surface area contributed by atoms with Crippen LogP contribution >= 0.6 is 15.9 Å². The van der Waals surface area contributed by atoms with E-state index in [1.165, 1.54) is 41.3 Å². The van der Waals surface area contributed by atoms with E-state index in [0.717, 1.165) is 25.7 Å². The van der Waals surface area contributed by atoms with E-state index in [2.05, 4.69) is 39.4 Å². The highest BCUT2D eigenvalue weighted by Gasteiger charge is 2.21. The van der Waals surface area contributed by atoms with Crippen LogP contribution in [0.4, 0.5) is 0 Å². The summed E-state index contributed by atoms with van der Waals surface area (Å²) in [7, 11) is 0. The molecule has 1 aromatic rings. The van der Waals surface area contributed by atoms with Crippen LogP contribution < -0.4 is 5.32 Å². The van der Waals surface area contributed by atoms with Gasteiger partial charge in [0.05, 0.1) is 6.61 Å². The maximum Gasteiger partial charge on any atom is 0.0507 e. The molecule has 18 heavy (non-hydrogen) atoms. The summed E-state index contributed by atoms with van der Waals surface area (Å²) >= 11 is 3.55. The molecule has 1 aromatic carbocycles. The third kappa shape index (κ3) is 2.95. The number of halogens is 1. The molecule has 1 aliphatic carbocycles. The zero-order chi connectivity index (χ0) is 12.4. The van der Waals surface area contributed by atoms with E-state index in [1.807, 2.05) is 0 Å². The van der Waals surface area contributed by atoms with Gasteiger partial charge in [0.2, 0.25) is 0 Å². The van der Waals surface area contributed by atoms with Crippen molar-refractivity contribution in [1.82, 2.24) is 5.32 Å². The second-order valence-electron chi connectivity index (χ2n) is 5.49. The second-order valence-corrected chi connectivity index (χ2v) is 6.41. The summed E-state index contributed by atoms with van der Waals surface area (Å²) in [5.74, 6) is 0.733. The molecular weight excluding hydrogens is 290 g/mol. The van der Waals surface area contributed by atoms with Gasteiger partial charge in [0, 0.05) is 23.7 Å². The molecule has 2 nitrogen and oxygen atoms in total. The molecule has 1 aliphatic heterocycles. The number of fused-ring (bicyclic) bond motifs is 1. The van der Waals surface area contributed by atoms with Crippen LogP contribution in [0.2, 0.25) is 0 Å². The van der Waals surface area contributed by atoms with Crippen molar-refractivity contribution < 1.29 is 4.74 Å². The third-order valence-electron chi connectivity index (χ3n) is 4.12. The number of benzene rings is 1. The highest BCUT2D eigenvalue weighted by atomic mass is 79.9. The van der Waals surface area contributed by atoms with Crippen LogP contribution in [0.3, 0.4) is 0 Å². The summed E-state index contributed by atoms with van der Waals surface area (Å²) in [6, 6.07) is 7.35. The first-order valence-electron chi connectivity index (χ1n) is 6.89. The molecule has 0 amide bonds. The van der Waals surface area contributed by atoms with Gasteiger partial charge in [0.15, 0.2) is 0 Å². The summed E-state index contributed by atoms with van der Waals surface area (Å²) in [5, 5.41) is 3.73. The van der Waals surface area contributed by atoms with Crippen molar-refractivity contribution in [3.8, 4) is 0 Å². The maximum absolute atomic E-state index is 5.42. The summed E-state index contributed by atoms with van der Waals surface area (Å²) in [4.78, 5) is 0. The van der Waals surface area contributed by atoms with E-state index in [1.54, 1.807) is 0 Å². The van der Waals surface area contributed by atoms with Crippen LogP contribution in [0.1, 0.15) is 24.0 Å². The zero-order valence-corrected chi connectivity index (χ0v) is 12.2. The van der Waals surface area contributed by atoms with E-state index in [-0.39, 0.29) is 0 Å².